The van der Waals surface area contributed by atoms with Gasteiger partial charge >= 0.3 is 5.97 Å². The molecule has 0 bridgehead atoms. The van der Waals surface area contributed by atoms with Gasteiger partial charge in [0.2, 0.25) is 5.91 Å². The number of carbonyl (C=O) groups excluding carboxylic acids is 2. The highest BCUT2D eigenvalue weighted by atomic mass is 16.5. The third-order valence-corrected chi connectivity index (χ3v) is 5.74. The van der Waals surface area contributed by atoms with Crippen molar-refractivity contribution in [2.75, 3.05) is 20.3 Å². The van der Waals surface area contributed by atoms with Gasteiger partial charge in [-0.3, -0.25) is 14.5 Å². The summed E-state index contributed by atoms with van der Waals surface area (Å²) in [5.74, 6) is 0.353. The van der Waals surface area contributed by atoms with Gasteiger partial charge in [-0.15, -0.1) is 0 Å². The van der Waals surface area contributed by atoms with E-state index in [0.29, 0.717) is 38.9 Å². The Balaban J connectivity index is 1.54. The van der Waals surface area contributed by atoms with Crippen LogP contribution in [0.25, 0.3) is 0 Å². The Bertz CT molecular complexity index is 1130. The van der Waals surface area contributed by atoms with E-state index < -0.39 is 5.97 Å². The lowest BCUT2D eigenvalue weighted by molar-refractivity contribution is -0.132. The number of benzene rings is 1. The number of fused-ring (bicyclic) bond motifs is 1. The fourth-order valence-electron chi connectivity index (χ4n) is 4.08. The summed E-state index contributed by atoms with van der Waals surface area (Å²) >= 11 is 0. The van der Waals surface area contributed by atoms with Crippen LogP contribution in [-0.2, 0) is 35.5 Å². The fraction of sp³-hybridized carbons (Fsp3) is 0.360. The Labute approximate surface area is 193 Å². The summed E-state index contributed by atoms with van der Waals surface area (Å²) in [4.78, 5) is 31.6. The number of aryl methyl sites for hydroxylation is 1. The number of rotatable bonds is 8. The number of hydrogen-bond donors (Lipinski definition) is 0. The van der Waals surface area contributed by atoms with Crippen molar-refractivity contribution >= 4 is 11.9 Å². The van der Waals surface area contributed by atoms with Crippen LogP contribution in [0.15, 0.2) is 48.7 Å². The molecule has 0 spiro atoms. The highest BCUT2D eigenvalue weighted by Crippen LogP contribution is 2.25. The molecule has 0 saturated heterocycles. The molecule has 0 atom stereocenters. The number of hydrogen-bond acceptors (Lipinski definition) is 6. The molecule has 33 heavy (non-hydrogen) atoms. The molecule has 0 fully saturated rings. The SMILES string of the molecule is CCOC(=O)c1nn(Cc2cccc(OC)c2)c2c1CN(C(=O)CCc1ccccn1)CC2. The van der Waals surface area contributed by atoms with Crippen molar-refractivity contribution in [3.8, 4) is 5.75 Å². The van der Waals surface area contributed by atoms with Crippen molar-refractivity contribution in [2.45, 2.75) is 39.3 Å². The minimum Gasteiger partial charge on any atom is -0.497 e. The first-order chi connectivity index (χ1) is 16.1. The van der Waals surface area contributed by atoms with Crippen LogP contribution >= 0.6 is 0 Å². The summed E-state index contributed by atoms with van der Waals surface area (Å²) < 4.78 is 12.4. The van der Waals surface area contributed by atoms with Gasteiger partial charge in [0, 0.05) is 49.1 Å². The maximum atomic E-state index is 12.9. The zero-order valence-corrected chi connectivity index (χ0v) is 19.0. The molecule has 4 rings (SSSR count). The van der Waals surface area contributed by atoms with E-state index in [0.717, 1.165) is 28.3 Å². The molecule has 8 heteroatoms. The van der Waals surface area contributed by atoms with Gasteiger partial charge in [-0.05, 0) is 43.2 Å². The average Bonchev–Trinajstić information content (AvgIpc) is 3.21. The Hall–Kier alpha value is -3.68. The molecule has 0 saturated carbocycles. The Morgan fingerprint density at radius 2 is 2.03 bits per heavy atom. The quantitative estimate of drug-likeness (QED) is 0.493. The smallest absolute Gasteiger partial charge is 0.359 e. The van der Waals surface area contributed by atoms with Crippen LogP contribution in [0.1, 0.15) is 46.3 Å². The number of esters is 1. The maximum Gasteiger partial charge on any atom is 0.359 e. The van der Waals surface area contributed by atoms with Gasteiger partial charge < -0.3 is 14.4 Å². The van der Waals surface area contributed by atoms with Gasteiger partial charge in [-0.25, -0.2) is 4.79 Å². The maximum absolute atomic E-state index is 12.9. The molecule has 1 aliphatic rings. The molecular weight excluding hydrogens is 420 g/mol. The minimum atomic E-state index is -0.457. The van der Waals surface area contributed by atoms with Gasteiger partial charge in [-0.1, -0.05) is 18.2 Å². The van der Waals surface area contributed by atoms with Crippen molar-refractivity contribution in [2.24, 2.45) is 0 Å². The summed E-state index contributed by atoms with van der Waals surface area (Å²) in [6.45, 7) is 3.48. The number of pyridine rings is 1. The number of nitrogens with zero attached hydrogens (tertiary/aromatic N) is 4. The van der Waals surface area contributed by atoms with Crippen molar-refractivity contribution in [1.82, 2.24) is 19.7 Å². The molecule has 2 aromatic heterocycles. The molecule has 0 radical (unpaired) electrons. The molecule has 1 aliphatic heterocycles. The molecule has 1 aromatic carbocycles. The van der Waals surface area contributed by atoms with Crippen LogP contribution in [0.3, 0.4) is 0 Å². The van der Waals surface area contributed by atoms with Gasteiger partial charge in [0.25, 0.3) is 0 Å². The number of aromatic nitrogens is 3. The van der Waals surface area contributed by atoms with E-state index in [1.54, 1.807) is 25.1 Å². The van der Waals surface area contributed by atoms with E-state index in [1.165, 1.54) is 0 Å². The predicted octanol–water partition coefficient (Wildman–Crippen LogP) is 3.03. The summed E-state index contributed by atoms with van der Waals surface area (Å²) in [6, 6.07) is 13.5. The van der Waals surface area contributed by atoms with E-state index >= 15 is 0 Å². The van der Waals surface area contributed by atoms with E-state index in [-0.39, 0.29) is 18.2 Å². The summed E-state index contributed by atoms with van der Waals surface area (Å²) in [7, 11) is 1.63. The third kappa shape index (κ3) is 5.22. The van der Waals surface area contributed by atoms with Gasteiger partial charge in [0.1, 0.15) is 5.75 Å². The second-order valence-corrected chi connectivity index (χ2v) is 7.89. The lowest BCUT2D eigenvalue weighted by atomic mass is 10.0. The highest BCUT2D eigenvalue weighted by molar-refractivity contribution is 5.89. The van der Waals surface area contributed by atoms with Crippen molar-refractivity contribution in [3.63, 3.8) is 0 Å². The van der Waals surface area contributed by atoms with Crippen LogP contribution in [0, 0.1) is 0 Å². The molecule has 8 nitrogen and oxygen atoms in total. The van der Waals surface area contributed by atoms with Crippen LogP contribution < -0.4 is 4.74 Å². The molecule has 3 heterocycles. The first kappa shape index (κ1) is 22.5. The molecular formula is C25H28N4O4. The van der Waals surface area contributed by atoms with E-state index in [1.807, 2.05) is 47.1 Å². The van der Waals surface area contributed by atoms with Crippen LogP contribution in [0.2, 0.25) is 0 Å². The largest absolute Gasteiger partial charge is 0.497 e. The van der Waals surface area contributed by atoms with Gasteiger partial charge in [-0.2, -0.15) is 5.10 Å². The van der Waals surface area contributed by atoms with Crippen LogP contribution in [-0.4, -0.2) is 51.8 Å². The lowest BCUT2D eigenvalue weighted by Gasteiger charge is -2.28. The number of ether oxygens (including phenoxy) is 2. The Morgan fingerprint density at radius 1 is 1.15 bits per heavy atom. The molecule has 0 aliphatic carbocycles. The van der Waals surface area contributed by atoms with E-state index in [9.17, 15) is 9.59 Å². The molecule has 172 valence electrons. The minimum absolute atomic E-state index is 0.0432. The summed E-state index contributed by atoms with van der Waals surface area (Å²) in [5, 5.41) is 4.60. The Kier molecular flexibility index (Phi) is 7.02. The average molecular weight is 449 g/mol. The lowest BCUT2D eigenvalue weighted by Crippen LogP contribution is -2.37. The normalized spacial score (nSPS) is 12.8. The number of methoxy groups -OCH3 is 1. The van der Waals surface area contributed by atoms with E-state index in [4.69, 9.17) is 9.47 Å². The second kappa shape index (κ2) is 10.3. The number of carbonyl (C=O) groups is 2. The van der Waals surface area contributed by atoms with Crippen LogP contribution in [0.5, 0.6) is 5.75 Å². The molecule has 0 unspecified atom stereocenters. The van der Waals surface area contributed by atoms with Crippen molar-refractivity contribution in [3.05, 3.63) is 76.9 Å². The molecule has 3 aromatic rings. The summed E-state index contributed by atoms with van der Waals surface area (Å²) in [6.07, 6.45) is 3.32. The topological polar surface area (TPSA) is 86.5 Å². The molecule has 1 amide bonds. The first-order valence-electron chi connectivity index (χ1n) is 11.1. The summed E-state index contributed by atoms with van der Waals surface area (Å²) in [5.41, 5.74) is 3.94. The van der Waals surface area contributed by atoms with Crippen LogP contribution in [0.4, 0.5) is 0 Å². The van der Waals surface area contributed by atoms with Crippen molar-refractivity contribution in [1.29, 1.82) is 0 Å². The first-order valence-corrected chi connectivity index (χ1v) is 11.1. The van der Waals surface area contributed by atoms with Crippen molar-refractivity contribution < 1.29 is 19.1 Å². The second-order valence-electron chi connectivity index (χ2n) is 7.89. The monoisotopic (exact) mass is 448 g/mol. The van der Waals surface area contributed by atoms with E-state index in [2.05, 4.69) is 10.1 Å². The predicted molar refractivity (Wildman–Crippen MR) is 122 cm³/mol. The fourth-order valence-corrected chi connectivity index (χ4v) is 4.08. The molecule has 0 N–H and O–H groups in total. The Morgan fingerprint density at radius 3 is 2.79 bits per heavy atom. The number of amides is 1. The zero-order valence-electron chi connectivity index (χ0n) is 19.0. The van der Waals surface area contributed by atoms with Gasteiger partial charge in [0.05, 0.1) is 20.3 Å². The zero-order chi connectivity index (χ0) is 23.2. The standard InChI is InChI=1S/C25H28N4O4/c1-3-33-25(31)24-21-17-28(23(30)11-10-19-8-4-5-13-26-19)14-12-22(21)29(27-24)16-18-7-6-9-20(15-18)32-2/h4-9,13,15H,3,10-12,14,16-17H2,1-2H3. The van der Waals surface area contributed by atoms with Gasteiger partial charge in [0.15, 0.2) is 5.69 Å². The highest BCUT2D eigenvalue weighted by Gasteiger charge is 2.30. The third-order valence-electron chi connectivity index (χ3n) is 5.74.